The van der Waals surface area contributed by atoms with Gasteiger partial charge in [-0.25, -0.2) is 0 Å². The number of hydrogen-bond donors (Lipinski definition) is 2. The smallest absolute Gasteiger partial charge is 0.120 e. The molecule has 3 N–H and O–H groups in total. The SMILES string of the molecule is NCC[C@@]12CCCC[C@]1(O)CCc1cc(OCc3ccccc3)ccc12. The van der Waals surface area contributed by atoms with Crippen molar-refractivity contribution in [3.8, 4) is 5.75 Å². The van der Waals surface area contributed by atoms with E-state index < -0.39 is 5.60 Å². The van der Waals surface area contributed by atoms with E-state index in [4.69, 9.17) is 10.5 Å². The van der Waals surface area contributed by atoms with Crippen LogP contribution in [0.1, 0.15) is 55.2 Å². The standard InChI is InChI=1S/C23H29NO2/c24-15-14-22-11-4-5-12-23(22,25)13-10-19-16-20(8-9-21(19)22)26-17-18-6-2-1-3-7-18/h1-3,6-9,16,25H,4-5,10-15,17,24H2/t22-,23+/m1/s1. The molecule has 4 rings (SSSR count). The molecule has 138 valence electrons. The largest absolute Gasteiger partial charge is 0.489 e. The van der Waals surface area contributed by atoms with Crippen molar-refractivity contribution < 1.29 is 9.84 Å². The molecule has 2 aromatic carbocycles. The van der Waals surface area contributed by atoms with E-state index in [0.29, 0.717) is 13.2 Å². The van der Waals surface area contributed by atoms with Gasteiger partial charge in [-0.3, -0.25) is 0 Å². The van der Waals surface area contributed by atoms with Crippen molar-refractivity contribution in [3.63, 3.8) is 0 Å². The monoisotopic (exact) mass is 351 g/mol. The lowest BCUT2D eigenvalue weighted by Crippen LogP contribution is -2.57. The number of aryl methyl sites for hydroxylation is 1. The zero-order valence-electron chi connectivity index (χ0n) is 15.4. The first kappa shape index (κ1) is 17.6. The van der Waals surface area contributed by atoms with E-state index in [1.54, 1.807) is 0 Å². The van der Waals surface area contributed by atoms with Crippen LogP contribution < -0.4 is 10.5 Å². The zero-order valence-corrected chi connectivity index (χ0v) is 15.4. The second-order valence-corrected chi connectivity index (χ2v) is 7.95. The van der Waals surface area contributed by atoms with Crippen molar-refractivity contribution in [1.29, 1.82) is 0 Å². The van der Waals surface area contributed by atoms with Crippen LogP contribution in [0.2, 0.25) is 0 Å². The molecular formula is C23H29NO2. The van der Waals surface area contributed by atoms with Crippen molar-refractivity contribution in [2.24, 2.45) is 5.73 Å². The molecule has 1 fully saturated rings. The summed E-state index contributed by atoms with van der Waals surface area (Å²) in [5, 5.41) is 11.5. The van der Waals surface area contributed by atoms with Crippen molar-refractivity contribution in [3.05, 3.63) is 65.2 Å². The predicted molar refractivity (Wildman–Crippen MR) is 104 cm³/mol. The van der Waals surface area contributed by atoms with Gasteiger partial charge >= 0.3 is 0 Å². The van der Waals surface area contributed by atoms with Crippen LogP contribution in [0.5, 0.6) is 5.75 Å². The van der Waals surface area contributed by atoms with Crippen molar-refractivity contribution in [2.75, 3.05) is 6.54 Å². The molecule has 2 aromatic rings. The van der Waals surface area contributed by atoms with Gasteiger partial charge in [-0.1, -0.05) is 49.2 Å². The third-order valence-corrected chi connectivity index (χ3v) is 6.55. The molecule has 2 atom stereocenters. The maximum absolute atomic E-state index is 11.5. The quantitative estimate of drug-likeness (QED) is 0.852. The summed E-state index contributed by atoms with van der Waals surface area (Å²) < 4.78 is 6.03. The van der Waals surface area contributed by atoms with Crippen LogP contribution >= 0.6 is 0 Å². The third-order valence-electron chi connectivity index (χ3n) is 6.55. The van der Waals surface area contributed by atoms with E-state index in [1.165, 1.54) is 23.1 Å². The summed E-state index contributed by atoms with van der Waals surface area (Å²) in [6.07, 6.45) is 6.85. The number of aliphatic hydroxyl groups is 1. The number of nitrogens with two attached hydrogens (primary N) is 1. The second kappa shape index (κ2) is 7.05. The molecule has 3 nitrogen and oxygen atoms in total. The summed E-state index contributed by atoms with van der Waals surface area (Å²) in [7, 11) is 0. The van der Waals surface area contributed by atoms with Gasteiger partial charge in [0.25, 0.3) is 0 Å². The van der Waals surface area contributed by atoms with Gasteiger partial charge in [-0.05, 0) is 67.5 Å². The van der Waals surface area contributed by atoms with Gasteiger partial charge in [0.1, 0.15) is 12.4 Å². The van der Waals surface area contributed by atoms with Crippen LogP contribution in [0.3, 0.4) is 0 Å². The van der Waals surface area contributed by atoms with Crippen molar-refractivity contribution in [1.82, 2.24) is 0 Å². The predicted octanol–water partition coefficient (Wildman–Crippen LogP) is 4.10. The minimum Gasteiger partial charge on any atom is -0.489 e. The lowest BCUT2D eigenvalue weighted by molar-refractivity contribution is -0.0862. The molecule has 0 heterocycles. The normalized spacial score (nSPS) is 27.5. The molecule has 26 heavy (non-hydrogen) atoms. The molecule has 0 unspecified atom stereocenters. The van der Waals surface area contributed by atoms with Crippen LogP contribution in [0, 0.1) is 0 Å². The van der Waals surface area contributed by atoms with Gasteiger partial charge in [0.15, 0.2) is 0 Å². The summed E-state index contributed by atoms with van der Waals surface area (Å²) in [5.41, 5.74) is 9.03. The Morgan fingerprint density at radius 1 is 1.00 bits per heavy atom. The van der Waals surface area contributed by atoms with Gasteiger partial charge in [0.2, 0.25) is 0 Å². The maximum Gasteiger partial charge on any atom is 0.120 e. The average Bonchev–Trinajstić information content (AvgIpc) is 2.68. The van der Waals surface area contributed by atoms with E-state index in [2.05, 4.69) is 30.3 Å². The van der Waals surface area contributed by atoms with E-state index >= 15 is 0 Å². The molecule has 1 saturated carbocycles. The Hall–Kier alpha value is -1.84. The van der Waals surface area contributed by atoms with Gasteiger partial charge in [-0.15, -0.1) is 0 Å². The van der Waals surface area contributed by atoms with Crippen LogP contribution in [0.25, 0.3) is 0 Å². The Kier molecular flexibility index (Phi) is 4.76. The number of hydrogen-bond acceptors (Lipinski definition) is 3. The Morgan fingerprint density at radius 3 is 2.62 bits per heavy atom. The van der Waals surface area contributed by atoms with E-state index in [9.17, 15) is 5.11 Å². The van der Waals surface area contributed by atoms with Crippen LogP contribution in [0.15, 0.2) is 48.5 Å². The second-order valence-electron chi connectivity index (χ2n) is 7.95. The summed E-state index contributed by atoms with van der Waals surface area (Å²) in [4.78, 5) is 0. The fraction of sp³-hybridized carbons (Fsp3) is 0.478. The molecule has 3 heteroatoms. The first-order valence-electron chi connectivity index (χ1n) is 9.89. The lowest BCUT2D eigenvalue weighted by Gasteiger charge is -2.54. The zero-order chi connectivity index (χ0) is 18.0. The Balaban J connectivity index is 1.62. The Labute approximate surface area is 156 Å². The van der Waals surface area contributed by atoms with Crippen molar-refractivity contribution >= 4 is 0 Å². The van der Waals surface area contributed by atoms with E-state index in [-0.39, 0.29) is 5.41 Å². The Morgan fingerprint density at radius 2 is 1.81 bits per heavy atom. The molecule has 0 aromatic heterocycles. The van der Waals surface area contributed by atoms with Crippen molar-refractivity contribution in [2.45, 2.75) is 62.6 Å². The number of ether oxygens (including phenoxy) is 1. The first-order valence-corrected chi connectivity index (χ1v) is 9.89. The van der Waals surface area contributed by atoms with Gasteiger partial charge in [-0.2, -0.15) is 0 Å². The number of fused-ring (bicyclic) bond motifs is 3. The molecule has 0 bridgehead atoms. The minimum atomic E-state index is -0.593. The first-order chi connectivity index (χ1) is 12.7. The third kappa shape index (κ3) is 2.93. The van der Waals surface area contributed by atoms with Gasteiger partial charge in [0.05, 0.1) is 5.60 Å². The molecule has 0 aliphatic heterocycles. The average molecular weight is 351 g/mol. The van der Waals surface area contributed by atoms with Crippen LogP contribution in [0.4, 0.5) is 0 Å². The molecular weight excluding hydrogens is 322 g/mol. The molecule has 2 aliphatic rings. The lowest BCUT2D eigenvalue weighted by atomic mass is 9.53. The summed E-state index contributed by atoms with van der Waals surface area (Å²) >= 11 is 0. The highest BCUT2D eigenvalue weighted by molar-refractivity contribution is 5.45. The number of benzene rings is 2. The summed E-state index contributed by atoms with van der Waals surface area (Å²) in [6.45, 7) is 1.20. The Bertz CT molecular complexity index is 756. The number of rotatable bonds is 5. The minimum absolute atomic E-state index is 0.175. The van der Waals surface area contributed by atoms with E-state index in [1.807, 2.05) is 18.2 Å². The fourth-order valence-electron chi connectivity index (χ4n) is 5.22. The highest BCUT2D eigenvalue weighted by atomic mass is 16.5. The molecule has 0 amide bonds. The van der Waals surface area contributed by atoms with Gasteiger partial charge < -0.3 is 15.6 Å². The topological polar surface area (TPSA) is 55.5 Å². The maximum atomic E-state index is 11.5. The highest BCUT2D eigenvalue weighted by Crippen LogP contribution is 2.54. The molecule has 0 spiro atoms. The molecule has 0 saturated heterocycles. The van der Waals surface area contributed by atoms with Gasteiger partial charge in [0, 0.05) is 5.41 Å². The molecule has 0 radical (unpaired) electrons. The summed E-state index contributed by atoms with van der Waals surface area (Å²) in [5.74, 6) is 0.914. The molecule has 2 aliphatic carbocycles. The van der Waals surface area contributed by atoms with Crippen LogP contribution in [-0.2, 0) is 18.4 Å². The summed E-state index contributed by atoms with van der Waals surface area (Å²) in [6, 6.07) is 16.7. The highest BCUT2D eigenvalue weighted by Gasteiger charge is 2.54. The van der Waals surface area contributed by atoms with E-state index in [0.717, 1.165) is 44.3 Å². The fourth-order valence-corrected chi connectivity index (χ4v) is 5.22. The van der Waals surface area contributed by atoms with Crippen LogP contribution in [-0.4, -0.2) is 17.3 Å².